The number of aryl methyl sites for hydroxylation is 1. The highest BCUT2D eigenvalue weighted by Crippen LogP contribution is 2.09. The van der Waals surface area contributed by atoms with Gasteiger partial charge in [-0.05, 0) is 24.1 Å². The van der Waals surface area contributed by atoms with Gasteiger partial charge in [0, 0.05) is 19.2 Å². The quantitative estimate of drug-likeness (QED) is 0.814. The molecule has 2 rings (SSSR count). The number of nitrogens with zero attached hydrogens (tertiary/aromatic N) is 2. The molecule has 1 unspecified atom stereocenters. The summed E-state index contributed by atoms with van der Waals surface area (Å²) in [5.74, 6) is -1.64. The van der Waals surface area contributed by atoms with Gasteiger partial charge >= 0.3 is 5.97 Å². The fraction of sp³-hybridized carbons (Fsp3) is 0.312. The van der Waals surface area contributed by atoms with Crippen molar-refractivity contribution in [2.24, 2.45) is 5.92 Å². The summed E-state index contributed by atoms with van der Waals surface area (Å²) in [6.45, 7) is 1.71. The molecule has 0 aliphatic heterocycles. The van der Waals surface area contributed by atoms with Crippen molar-refractivity contribution in [3.05, 3.63) is 48.3 Å². The molecule has 0 spiro atoms. The van der Waals surface area contributed by atoms with Crippen molar-refractivity contribution in [3.8, 4) is 5.69 Å². The third-order valence-electron chi connectivity index (χ3n) is 3.32. The molecule has 1 aromatic heterocycles. The van der Waals surface area contributed by atoms with Crippen molar-refractivity contribution in [2.45, 2.75) is 19.8 Å². The number of benzene rings is 1. The van der Waals surface area contributed by atoms with Crippen LogP contribution in [-0.4, -0.2) is 33.3 Å². The Morgan fingerprint density at radius 2 is 2.05 bits per heavy atom. The number of hydrogen-bond acceptors (Lipinski definition) is 3. The number of carboxylic acid groups (broad SMARTS) is 1. The lowest BCUT2D eigenvalue weighted by molar-refractivity contribution is -0.141. The van der Waals surface area contributed by atoms with Gasteiger partial charge in [-0.3, -0.25) is 9.59 Å². The van der Waals surface area contributed by atoms with Gasteiger partial charge in [0.1, 0.15) is 0 Å². The molecule has 1 heterocycles. The van der Waals surface area contributed by atoms with Crippen LogP contribution in [0.25, 0.3) is 5.69 Å². The third-order valence-corrected chi connectivity index (χ3v) is 3.32. The zero-order chi connectivity index (χ0) is 15.9. The molecule has 0 saturated heterocycles. The third kappa shape index (κ3) is 4.44. The Bertz CT molecular complexity index is 637. The average molecular weight is 301 g/mol. The Balaban J connectivity index is 1.81. The lowest BCUT2D eigenvalue weighted by Gasteiger charge is -2.07. The minimum Gasteiger partial charge on any atom is -0.481 e. The molecule has 0 fully saturated rings. The van der Waals surface area contributed by atoms with Gasteiger partial charge in [-0.15, -0.1) is 0 Å². The molecule has 1 atom stereocenters. The van der Waals surface area contributed by atoms with Gasteiger partial charge in [-0.2, -0.15) is 5.10 Å². The number of carboxylic acids is 1. The average Bonchev–Trinajstić information content (AvgIpc) is 3.00. The van der Waals surface area contributed by atoms with Crippen LogP contribution < -0.4 is 5.32 Å². The van der Waals surface area contributed by atoms with Gasteiger partial charge in [0.15, 0.2) is 0 Å². The summed E-state index contributed by atoms with van der Waals surface area (Å²) in [6, 6.07) is 9.73. The van der Waals surface area contributed by atoms with E-state index in [2.05, 4.69) is 10.4 Å². The van der Waals surface area contributed by atoms with E-state index in [9.17, 15) is 9.59 Å². The van der Waals surface area contributed by atoms with Crippen molar-refractivity contribution in [1.82, 2.24) is 15.1 Å². The van der Waals surface area contributed by atoms with Gasteiger partial charge in [0.05, 0.1) is 17.8 Å². The number of aromatic nitrogens is 2. The molecule has 1 aromatic carbocycles. The highest BCUT2D eigenvalue weighted by molar-refractivity contribution is 5.77. The zero-order valence-electron chi connectivity index (χ0n) is 12.4. The van der Waals surface area contributed by atoms with Crippen LogP contribution in [0.2, 0.25) is 0 Å². The Kier molecular flexibility index (Phi) is 5.30. The van der Waals surface area contributed by atoms with Crippen LogP contribution in [-0.2, 0) is 16.0 Å². The predicted molar refractivity (Wildman–Crippen MR) is 81.7 cm³/mol. The van der Waals surface area contributed by atoms with Crippen molar-refractivity contribution < 1.29 is 14.7 Å². The van der Waals surface area contributed by atoms with E-state index in [1.54, 1.807) is 17.8 Å². The summed E-state index contributed by atoms with van der Waals surface area (Å²) in [7, 11) is 0. The van der Waals surface area contributed by atoms with Crippen molar-refractivity contribution in [3.63, 3.8) is 0 Å². The Morgan fingerprint density at radius 1 is 1.32 bits per heavy atom. The van der Waals surface area contributed by atoms with Crippen molar-refractivity contribution in [1.29, 1.82) is 0 Å². The number of carbonyl (C=O) groups excluding carboxylic acids is 1. The SMILES string of the molecule is CC(CNC(=O)CCc1cnn(-c2ccccc2)c1)C(=O)O. The van der Waals surface area contributed by atoms with Crippen LogP contribution in [0, 0.1) is 5.92 Å². The van der Waals surface area contributed by atoms with E-state index in [4.69, 9.17) is 5.11 Å². The fourth-order valence-corrected chi connectivity index (χ4v) is 1.91. The summed E-state index contributed by atoms with van der Waals surface area (Å²) < 4.78 is 1.76. The number of nitrogens with one attached hydrogen (secondary N) is 1. The molecule has 0 aliphatic rings. The first-order chi connectivity index (χ1) is 10.6. The van der Waals surface area contributed by atoms with E-state index in [1.165, 1.54) is 0 Å². The molecule has 6 heteroatoms. The lowest BCUT2D eigenvalue weighted by atomic mass is 10.1. The van der Waals surface area contributed by atoms with Gasteiger partial charge in [0.25, 0.3) is 0 Å². The largest absolute Gasteiger partial charge is 0.481 e. The number of carbonyl (C=O) groups is 2. The van der Waals surface area contributed by atoms with Crippen LogP contribution >= 0.6 is 0 Å². The second-order valence-electron chi connectivity index (χ2n) is 5.17. The molecular formula is C16H19N3O3. The molecule has 116 valence electrons. The Hall–Kier alpha value is -2.63. The van der Waals surface area contributed by atoms with Gasteiger partial charge < -0.3 is 10.4 Å². The van der Waals surface area contributed by atoms with Crippen LogP contribution in [0.4, 0.5) is 0 Å². The predicted octanol–water partition coefficient (Wildman–Crippen LogP) is 1.64. The van der Waals surface area contributed by atoms with Crippen LogP contribution in [0.3, 0.4) is 0 Å². The maximum Gasteiger partial charge on any atom is 0.308 e. The Labute approximate surface area is 128 Å². The second-order valence-corrected chi connectivity index (χ2v) is 5.17. The summed E-state index contributed by atoms with van der Waals surface area (Å²) in [6.07, 6.45) is 4.51. The van der Waals surface area contributed by atoms with E-state index in [-0.39, 0.29) is 12.5 Å². The van der Waals surface area contributed by atoms with E-state index >= 15 is 0 Å². The molecule has 0 aliphatic carbocycles. The normalized spacial score (nSPS) is 11.9. The smallest absolute Gasteiger partial charge is 0.308 e. The highest BCUT2D eigenvalue weighted by atomic mass is 16.4. The van der Waals surface area contributed by atoms with Gasteiger partial charge in [0.2, 0.25) is 5.91 Å². The number of aliphatic carboxylic acids is 1. The summed E-state index contributed by atoms with van der Waals surface area (Å²) in [4.78, 5) is 22.4. The van der Waals surface area contributed by atoms with Crippen LogP contribution in [0.1, 0.15) is 18.9 Å². The number of rotatable bonds is 7. The van der Waals surface area contributed by atoms with Crippen molar-refractivity contribution >= 4 is 11.9 Å². The van der Waals surface area contributed by atoms with Crippen LogP contribution in [0.5, 0.6) is 0 Å². The maximum absolute atomic E-state index is 11.7. The van der Waals surface area contributed by atoms with Gasteiger partial charge in [-0.1, -0.05) is 25.1 Å². The summed E-state index contributed by atoms with van der Waals surface area (Å²) in [5, 5.41) is 15.6. The number of hydrogen-bond donors (Lipinski definition) is 2. The van der Waals surface area contributed by atoms with Crippen molar-refractivity contribution in [2.75, 3.05) is 6.54 Å². The molecular weight excluding hydrogens is 282 g/mol. The molecule has 2 aromatic rings. The monoisotopic (exact) mass is 301 g/mol. The molecule has 6 nitrogen and oxygen atoms in total. The van der Waals surface area contributed by atoms with Gasteiger partial charge in [-0.25, -0.2) is 4.68 Å². The minimum absolute atomic E-state index is 0.150. The maximum atomic E-state index is 11.7. The number of para-hydroxylation sites is 1. The standard InChI is InChI=1S/C16H19N3O3/c1-12(16(21)22)9-17-15(20)8-7-13-10-18-19(11-13)14-5-3-2-4-6-14/h2-6,10-12H,7-9H2,1H3,(H,17,20)(H,21,22). The lowest BCUT2D eigenvalue weighted by Crippen LogP contribution is -2.31. The molecule has 1 amide bonds. The molecule has 0 radical (unpaired) electrons. The topological polar surface area (TPSA) is 84.2 Å². The van der Waals surface area contributed by atoms with Crippen LogP contribution in [0.15, 0.2) is 42.7 Å². The van der Waals surface area contributed by atoms with E-state index in [0.29, 0.717) is 12.8 Å². The second kappa shape index (κ2) is 7.40. The minimum atomic E-state index is -0.913. The first kappa shape index (κ1) is 15.8. The fourth-order valence-electron chi connectivity index (χ4n) is 1.91. The molecule has 0 bridgehead atoms. The zero-order valence-corrected chi connectivity index (χ0v) is 12.4. The summed E-state index contributed by atoms with van der Waals surface area (Å²) >= 11 is 0. The molecule has 0 saturated carbocycles. The highest BCUT2D eigenvalue weighted by Gasteiger charge is 2.12. The number of amides is 1. The van der Waals surface area contributed by atoms with E-state index in [0.717, 1.165) is 11.3 Å². The molecule has 2 N–H and O–H groups in total. The Morgan fingerprint density at radius 3 is 2.73 bits per heavy atom. The first-order valence-electron chi connectivity index (χ1n) is 7.14. The molecule has 22 heavy (non-hydrogen) atoms. The van der Waals surface area contributed by atoms with E-state index < -0.39 is 11.9 Å². The van der Waals surface area contributed by atoms with E-state index in [1.807, 2.05) is 36.5 Å². The summed E-state index contributed by atoms with van der Waals surface area (Å²) in [5.41, 5.74) is 1.93. The first-order valence-corrected chi connectivity index (χ1v) is 7.14.